The number of fused-ring (bicyclic) bond motifs is 1. The van der Waals surface area contributed by atoms with E-state index in [1.807, 2.05) is 6.92 Å². The maximum absolute atomic E-state index is 12.3. The van der Waals surface area contributed by atoms with Gasteiger partial charge in [-0.25, -0.2) is 0 Å². The number of hydrogen-bond donors (Lipinski definition) is 0. The van der Waals surface area contributed by atoms with Gasteiger partial charge in [0, 0.05) is 12.8 Å². The van der Waals surface area contributed by atoms with Crippen LogP contribution in [0.1, 0.15) is 35.9 Å². The predicted octanol–water partition coefficient (Wildman–Crippen LogP) is 5.42. The lowest BCUT2D eigenvalue weighted by atomic mass is 10.0. The van der Waals surface area contributed by atoms with Gasteiger partial charge < -0.3 is 4.74 Å². The SMILES string of the molecule is Cc1ccc(-n2c(Cc3cccc4ccccc34)nnc2S[C@@H]2C[C@H](C)OC2=O)c(C)c1. The molecule has 0 radical (unpaired) electrons. The molecule has 0 bridgehead atoms. The second-order valence-electron chi connectivity index (χ2n) is 8.43. The lowest BCUT2D eigenvalue weighted by Crippen LogP contribution is -2.12. The molecular weight excluding hydrogens is 418 g/mol. The number of thioether (sulfide) groups is 1. The molecule has 1 fully saturated rings. The van der Waals surface area contributed by atoms with Crippen molar-refractivity contribution in [2.24, 2.45) is 0 Å². The summed E-state index contributed by atoms with van der Waals surface area (Å²) in [4.78, 5) is 12.3. The van der Waals surface area contributed by atoms with Crippen LogP contribution in [0, 0.1) is 13.8 Å². The topological polar surface area (TPSA) is 57.0 Å². The molecule has 0 saturated carbocycles. The Hall–Kier alpha value is -3.12. The minimum Gasteiger partial charge on any atom is -0.462 e. The number of cyclic esters (lactones) is 1. The number of hydrogen-bond acceptors (Lipinski definition) is 5. The molecule has 2 atom stereocenters. The summed E-state index contributed by atoms with van der Waals surface area (Å²) in [6.45, 7) is 6.12. The van der Waals surface area contributed by atoms with E-state index in [9.17, 15) is 4.79 Å². The van der Waals surface area contributed by atoms with Crippen molar-refractivity contribution in [2.75, 3.05) is 0 Å². The number of esters is 1. The van der Waals surface area contributed by atoms with Gasteiger partial charge in [0.25, 0.3) is 0 Å². The summed E-state index contributed by atoms with van der Waals surface area (Å²) < 4.78 is 7.47. The van der Waals surface area contributed by atoms with Crippen molar-refractivity contribution in [1.82, 2.24) is 14.8 Å². The highest BCUT2D eigenvalue weighted by Crippen LogP contribution is 2.34. The molecule has 2 heterocycles. The lowest BCUT2D eigenvalue weighted by molar-refractivity contribution is -0.140. The van der Waals surface area contributed by atoms with Gasteiger partial charge in [-0.1, -0.05) is 71.9 Å². The van der Waals surface area contributed by atoms with Gasteiger partial charge in [-0.2, -0.15) is 0 Å². The fourth-order valence-corrected chi connectivity index (χ4v) is 5.52. The quantitative estimate of drug-likeness (QED) is 0.385. The van der Waals surface area contributed by atoms with Crippen LogP contribution in [-0.4, -0.2) is 32.1 Å². The van der Waals surface area contributed by atoms with Crippen molar-refractivity contribution in [1.29, 1.82) is 0 Å². The number of carbonyl (C=O) groups excluding carboxylic acids is 1. The van der Waals surface area contributed by atoms with Crippen LogP contribution in [0.15, 0.2) is 65.8 Å². The normalized spacial score (nSPS) is 18.3. The molecule has 4 aromatic rings. The number of nitrogens with zero attached hydrogens (tertiary/aromatic N) is 3. The molecule has 6 heteroatoms. The molecule has 1 aliphatic rings. The van der Waals surface area contributed by atoms with Gasteiger partial charge in [0.1, 0.15) is 17.2 Å². The summed E-state index contributed by atoms with van der Waals surface area (Å²) in [6.07, 6.45) is 1.27. The standard InChI is InChI=1S/C26H25N3O2S/c1-16-11-12-22(17(2)13-16)29-24(15-20-9-6-8-19-7-4-5-10-21(19)20)27-28-26(29)32-23-14-18(3)31-25(23)30/h4-13,18,23H,14-15H2,1-3H3/t18-,23+/m0/s1. The Morgan fingerprint density at radius 3 is 2.66 bits per heavy atom. The predicted molar refractivity (Wildman–Crippen MR) is 127 cm³/mol. The van der Waals surface area contributed by atoms with Crippen LogP contribution in [0.4, 0.5) is 0 Å². The summed E-state index contributed by atoms with van der Waals surface area (Å²) in [5.41, 5.74) is 4.59. The maximum Gasteiger partial charge on any atom is 0.319 e. The number of carbonyl (C=O) groups is 1. The highest BCUT2D eigenvalue weighted by molar-refractivity contribution is 8.00. The number of aromatic nitrogens is 3. The highest BCUT2D eigenvalue weighted by Gasteiger charge is 2.34. The zero-order valence-electron chi connectivity index (χ0n) is 18.4. The zero-order valence-corrected chi connectivity index (χ0v) is 19.2. The first-order chi connectivity index (χ1) is 15.5. The third kappa shape index (κ3) is 3.91. The van der Waals surface area contributed by atoms with Gasteiger partial charge in [-0.05, 0) is 48.7 Å². The summed E-state index contributed by atoms with van der Waals surface area (Å²) in [7, 11) is 0. The molecule has 0 aliphatic carbocycles. The average molecular weight is 444 g/mol. The Morgan fingerprint density at radius 2 is 1.88 bits per heavy atom. The van der Waals surface area contributed by atoms with Gasteiger partial charge in [0.2, 0.25) is 0 Å². The third-order valence-corrected chi connectivity index (χ3v) is 7.04. The monoisotopic (exact) mass is 443 g/mol. The summed E-state index contributed by atoms with van der Waals surface area (Å²) in [5.74, 6) is 0.684. The number of benzene rings is 3. The fourth-order valence-electron chi connectivity index (χ4n) is 4.35. The molecular formula is C26H25N3O2S. The largest absolute Gasteiger partial charge is 0.462 e. The molecule has 3 aromatic carbocycles. The van der Waals surface area contributed by atoms with Crippen molar-refractivity contribution in [3.63, 3.8) is 0 Å². The van der Waals surface area contributed by atoms with Crippen molar-refractivity contribution in [2.45, 2.75) is 50.1 Å². The molecule has 1 saturated heterocycles. The third-order valence-electron chi connectivity index (χ3n) is 5.90. The molecule has 5 rings (SSSR count). The number of rotatable bonds is 5. The summed E-state index contributed by atoms with van der Waals surface area (Å²) in [6, 6.07) is 21.1. The molecule has 5 nitrogen and oxygen atoms in total. The van der Waals surface area contributed by atoms with E-state index in [0.29, 0.717) is 12.8 Å². The smallest absolute Gasteiger partial charge is 0.319 e. The molecule has 162 valence electrons. The van der Waals surface area contributed by atoms with E-state index in [4.69, 9.17) is 4.74 Å². The zero-order chi connectivity index (χ0) is 22.2. The number of aryl methyl sites for hydroxylation is 2. The van der Waals surface area contributed by atoms with Crippen LogP contribution < -0.4 is 0 Å². The van der Waals surface area contributed by atoms with E-state index >= 15 is 0 Å². The van der Waals surface area contributed by atoms with Crippen LogP contribution in [0.2, 0.25) is 0 Å². The maximum atomic E-state index is 12.3. The summed E-state index contributed by atoms with van der Waals surface area (Å²) >= 11 is 1.45. The molecule has 1 aromatic heterocycles. The van der Waals surface area contributed by atoms with Crippen molar-refractivity contribution in [3.05, 3.63) is 83.2 Å². The van der Waals surface area contributed by atoms with E-state index in [2.05, 4.69) is 89.3 Å². The van der Waals surface area contributed by atoms with Gasteiger partial charge >= 0.3 is 5.97 Å². The Balaban J connectivity index is 1.59. The molecule has 0 N–H and O–H groups in total. The van der Waals surface area contributed by atoms with Crippen LogP contribution in [-0.2, 0) is 16.0 Å². The Morgan fingerprint density at radius 1 is 1.06 bits per heavy atom. The molecule has 1 aliphatic heterocycles. The first-order valence-corrected chi connectivity index (χ1v) is 11.7. The van der Waals surface area contributed by atoms with Crippen molar-refractivity contribution in [3.8, 4) is 5.69 Å². The first-order valence-electron chi connectivity index (χ1n) is 10.9. The average Bonchev–Trinajstić information content (AvgIpc) is 3.30. The first kappa shape index (κ1) is 20.8. The molecule has 32 heavy (non-hydrogen) atoms. The second kappa shape index (κ2) is 8.43. The van der Waals surface area contributed by atoms with Crippen molar-refractivity contribution >= 4 is 28.5 Å². The van der Waals surface area contributed by atoms with Gasteiger partial charge in [0.15, 0.2) is 5.16 Å². The molecule has 0 spiro atoms. The second-order valence-corrected chi connectivity index (χ2v) is 9.60. The van der Waals surface area contributed by atoms with E-state index < -0.39 is 0 Å². The van der Waals surface area contributed by atoms with Gasteiger partial charge in [-0.3, -0.25) is 9.36 Å². The Kier molecular flexibility index (Phi) is 5.47. The highest BCUT2D eigenvalue weighted by atomic mass is 32.2. The van der Waals surface area contributed by atoms with Crippen LogP contribution in [0.5, 0.6) is 0 Å². The van der Waals surface area contributed by atoms with Crippen molar-refractivity contribution < 1.29 is 9.53 Å². The minimum absolute atomic E-state index is 0.0624. The van der Waals surface area contributed by atoms with Crippen LogP contribution in [0.25, 0.3) is 16.5 Å². The molecule has 0 unspecified atom stereocenters. The number of ether oxygens (including phenoxy) is 1. The van der Waals surface area contributed by atoms with Gasteiger partial charge in [0.05, 0.1) is 5.69 Å². The fraction of sp³-hybridized carbons (Fsp3) is 0.269. The minimum atomic E-state index is -0.260. The lowest BCUT2D eigenvalue weighted by Gasteiger charge is -2.15. The van der Waals surface area contributed by atoms with E-state index in [1.165, 1.54) is 33.7 Å². The van der Waals surface area contributed by atoms with E-state index in [-0.39, 0.29) is 17.3 Å². The van der Waals surface area contributed by atoms with E-state index in [0.717, 1.165) is 22.2 Å². The van der Waals surface area contributed by atoms with Crippen LogP contribution >= 0.6 is 11.8 Å². The Bertz CT molecular complexity index is 1310. The molecule has 0 amide bonds. The Labute approximate surface area is 191 Å². The van der Waals surface area contributed by atoms with E-state index in [1.54, 1.807) is 0 Å². The summed E-state index contributed by atoms with van der Waals surface area (Å²) in [5, 5.41) is 12.0. The van der Waals surface area contributed by atoms with Gasteiger partial charge in [-0.15, -0.1) is 10.2 Å². The van der Waals surface area contributed by atoms with Crippen LogP contribution in [0.3, 0.4) is 0 Å².